The summed E-state index contributed by atoms with van der Waals surface area (Å²) in [6.07, 6.45) is 9.18. The van der Waals surface area contributed by atoms with Gasteiger partial charge in [-0.25, -0.2) is 0 Å². The lowest BCUT2D eigenvalue weighted by Crippen LogP contribution is -2.50. The standard InChI is InChI=1S/C29H43N3O3/c1-20(2)26(28(34)30-8-3-9-32-10-12-35-13-11-32)31-27(33)24-4-6-25(7-5-24)29-17-21-14-22(18-29)16-23(15-21)19-29/h4-7,20-23,26H,3,8-19H2,1-2H3,(H,30,34)(H,31,33)/t21?,22?,23?,26-,29?/m0/s1. The van der Waals surface area contributed by atoms with Gasteiger partial charge < -0.3 is 15.4 Å². The Morgan fingerprint density at radius 2 is 1.60 bits per heavy atom. The van der Waals surface area contributed by atoms with Crippen LogP contribution in [0.1, 0.15) is 74.7 Å². The molecule has 6 heteroatoms. The second kappa shape index (κ2) is 10.6. The molecule has 4 saturated carbocycles. The summed E-state index contributed by atoms with van der Waals surface area (Å²) in [4.78, 5) is 28.3. The number of nitrogens with one attached hydrogen (secondary N) is 2. The lowest BCUT2D eigenvalue weighted by Gasteiger charge is -2.57. The molecule has 1 aromatic rings. The van der Waals surface area contributed by atoms with Crippen LogP contribution in [0.5, 0.6) is 0 Å². The first-order valence-corrected chi connectivity index (χ1v) is 13.9. The van der Waals surface area contributed by atoms with E-state index in [9.17, 15) is 9.59 Å². The van der Waals surface area contributed by atoms with Crippen LogP contribution in [0.15, 0.2) is 24.3 Å². The predicted octanol–water partition coefficient (Wildman–Crippen LogP) is 3.75. The van der Waals surface area contributed by atoms with E-state index in [0.29, 0.717) is 17.5 Å². The van der Waals surface area contributed by atoms with Gasteiger partial charge in [-0.3, -0.25) is 14.5 Å². The van der Waals surface area contributed by atoms with E-state index in [4.69, 9.17) is 4.74 Å². The molecule has 6 rings (SSSR count). The van der Waals surface area contributed by atoms with Gasteiger partial charge in [-0.2, -0.15) is 0 Å². The van der Waals surface area contributed by atoms with E-state index in [1.807, 2.05) is 26.0 Å². The summed E-state index contributed by atoms with van der Waals surface area (Å²) < 4.78 is 5.38. The maximum atomic E-state index is 13.1. The molecule has 1 aromatic carbocycles. The number of ether oxygens (including phenoxy) is 1. The third kappa shape index (κ3) is 5.59. The van der Waals surface area contributed by atoms with E-state index in [0.717, 1.165) is 57.0 Å². The van der Waals surface area contributed by atoms with E-state index < -0.39 is 6.04 Å². The fourth-order valence-corrected chi connectivity index (χ4v) is 7.65. The van der Waals surface area contributed by atoms with Crippen LogP contribution in [0.4, 0.5) is 0 Å². The van der Waals surface area contributed by atoms with Crippen LogP contribution in [0.25, 0.3) is 0 Å². The summed E-state index contributed by atoms with van der Waals surface area (Å²) in [7, 11) is 0. The topological polar surface area (TPSA) is 70.7 Å². The van der Waals surface area contributed by atoms with Crippen molar-refractivity contribution in [3.05, 3.63) is 35.4 Å². The van der Waals surface area contributed by atoms with Crippen molar-refractivity contribution >= 4 is 11.8 Å². The fraction of sp³-hybridized carbons (Fsp3) is 0.724. The second-order valence-electron chi connectivity index (χ2n) is 12.1. The van der Waals surface area contributed by atoms with Gasteiger partial charge in [-0.1, -0.05) is 26.0 Å². The molecule has 5 aliphatic rings. The molecule has 4 bridgehead atoms. The van der Waals surface area contributed by atoms with Crippen molar-refractivity contribution in [1.29, 1.82) is 0 Å². The number of benzene rings is 1. The van der Waals surface area contributed by atoms with Crippen molar-refractivity contribution in [3.8, 4) is 0 Å². The smallest absolute Gasteiger partial charge is 0.251 e. The molecular formula is C29H43N3O3. The quantitative estimate of drug-likeness (QED) is 0.527. The van der Waals surface area contributed by atoms with E-state index >= 15 is 0 Å². The first kappa shape index (κ1) is 24.8. The Morgan fingerprint density at radius 1 is 1.00 bits per heavy atom. The number of morpholine rings is 1. The van der Waals surface area contributed by atoms with Crippen molar-refractivity contribution in [2.75, 3.05) is 39.4 Å². The molecule has 192 valence electrons. The van der Waals surface area contributed by atoms with Crippen LogP contribution < -0.4 is 10.6 Å². The minimum absolute atomic E-state index is 0.0180. The maximum absolute atomic E-state index is 13.1. The molecule has 35 heavy (non-hydrogen) atoms. The summed E-state index contributed by atoms with van der Waals surface area (Å²) in [5.41, 5.74) is 2.40. The first-order chi connectivity index (χ1) is 16.9. The monoisotopic (exact) mass is 481 g/mol. The molecule has 1 atom stereocenters. The minimum atomic E-state index is -0.534. The van der Waals surface area contributed by atoms with Crippen molar-refractivity contribution in [1.82, 2.24) is 15.5 Å². The molecule has 2 N–H and O–H groups in total. The summed E-state index contributed by atoms with van der Waals surface area (Å²) >= 11 is 0. The van der Waals surface area contributed by atoms with Gasteiger partial charge >= 0.3 is 0 Å². The van der Waals surface area contributed by atoms with E-state index in [-0.39, 0.29) is 17.7 Å². The van der Waals surface area contributed by atoms with E-state index in [1.165, 1.54) is 44.1 Å². The van der Waals surface area contributed by atoms with E-state index in [2.05, 4.69) is 27.7 Å². The van der Waals surface area contributed by atoms with Gasteiger partial charge in [0.1, 0.15) is 6.04 Å². The number of nitrogens with zero attached hydrogens (tertiary/aromatic N) is 1. The molecule has 2 amide bonds. The maximum Gasteiger partial charge on any atom is 0.251 e. The molecule has 0 aromatic heterocycles. The molecule has 6 nitrogen and oxygen atoms in total. The third-order valence-electron chi connectivity index (χ3n) is 9.09. The fourth-order valence-electron chi connectivity index (χ4n) is 7.65. The Hall–Kier alpha value is -1.92. The van der Waals surface area contributed by atoms with Crippen LogP contribution >= 0.6 is 0 Å². The summed E-state index contributed by atoms with van der Waals surface area (Å²) in [6.45, 7) is 9.03. The van der Waals surface area contributed by atoms with Gasteiger partial charge in [0.2, 0.25) is 5.91 Å². The number of rotatable bonds is 9. The van der Waals surface area contributed by atoms with Crippen molar-refractivity contribution in [2.24, 2.45) is 23.7 Å². The number of carbonyl (C=O) groups excluding carboxylic acids is 2. The molecule has 1 saturated heterocycles. The van der Waals surface area contributed by atoms with Crippen LogP contribution in [0, 0.1) is 23.7 Å². The minimum Gasteiger partial charge on any atom is -0.379 e. The zero-order chi connectivity index (χ0) is 24.4. The normalized spacial score (nSPS) is 30.9. The van der Waals surface area contributed by atoms with Crippen LogP contribution in [0.2, 0.25) is 0 Å². The lowest BCUT2D eigenvalue weighted by molar-refractivity contribution is -0.123. The Labute approximate surface area is 210 Å². The number of hydrogen-bond acceptors (Lipinski definition) is 4. The highest BCUT2D eigenvalue weighted by molar-refractivity contribution is 5.97. The molecule has 0 unspecified atom stereocenters. The third-order valence-corrected chi connectivity index (χ3v) is 9.09. The van der Waals surface area contributed by atoms with Crippen molar-refractivity contribution in [3.63, 3.8) is 0 Å². The SMILES string of the molecule is CC(C)[C@H](NC(=O)c1ccc(C23CC4CC(CC(C4)C2)C3)cc1)C(=O)NCCCN1CCOCC1. The molecule has 4 aliphatic carbocycles. The Balaban J connectivity index is 1.14. The second-order valence-corrected chi connectivity index (χ2v) is 12.1. The predicted molar refractivity (Wildman–Crippen MR) is 137 cm³/mol. The molecule has 0 radical (unpaired) electrons. The Morgan fingerprint density at radius 3 is 2.17 bits per heavy atom. The average Bonchev–Trinajstić information content (AvgIpc) is 2.84. The van der Waals surface area contributed by atoms with Crippen LogP contribution in [-0.2, 0) is 14.9 Å². The summed E-state index contributed by atoms with van der Waals surface area (Å²) in [5, 5.41) is 6.03. The zero-order valence-corrected chi connectivity index (χ0v) is 21.6. The molecule has 1 heterocycles. The number of hydrogen-bond donors (Lipinski definition) is 2. The number of amides is 2. The van der Waals surface area contributed by atoms with E-state index in [1.54, 1.807) is 0 Å². The number of carbonyl (C=O) groups is 2. The lowest BCUT2D eigenvalue weighted by atomic mass is 9.48. The van der Waals surface area contributed by atoms with Gasteiger partial charge in [-0.15, -0.1) is 0 Å². The van der Waals surface area contributed by atoms with Gasteiger partial charge in [-0.05, 0) is 98.3 Å². The highest BCUT2D eigenvalue weighted by Crippen LogP contribution is 2.60. The van der Waals surface area contributed by atoms with Crippen LogP contribution in [-0.4, -0.2) is 62.1 Å². The van der Waals surface area contributed by atoms with Gasteiger partial charge in [0.05, 0.1) is 13.2 Å². The summed E-state index contributed by atoms with van der Waals surface area (Å²) in [6, 6.07) is 7.80. The molecule has 0 spiro atoms. The molecule has 1 aliphatic heterocycles. The first-order valence-electron chi connectivity index (χ1n) is 13.9. The summed E-state index contributed by atoms with van der Waals surface area (Å²) in [5.74, 6) is 2.48. The Kier molecular flexibility index (Phi) is 7.50. The van der Waals surface area contributed by atoms with Crippen LogP contribution in [0.3, 0.4) is 0 Å². The van der Waals surface area contributed by atoms with Gasteiger partial charge in [0.15, 0.2) is 0 Å². The van der Waals surface area contributed by atoms with Crippen molar-refractivity contribution in [2.45, 2.75) is 70.3 Å². The highest BCUT2D eigenvalue weighted by Gasteiger charge is 2.51. The largest absolute Gasteiger partial charge is 0.379 e. The Bertz CT molecular complexity index is 856. The molecule has 5 fully saturated rings. The van der Waals surface area contributed by atoms with Gasteiger partial charge in [0, 0.05) is 25.2 Å². The average molecular weight is 482 g/mol. The molecular weight excluding hydrogens is 438 g/mol. The van der Waals surface area contributed by atoms with Crippen molar-refractivity contribution < 1.29 is 14.3 Å². The highest BCUT2D eigenvalue weighted by atomic mass is 16.5. The zero-order valence-electron chi connectivity index (χ0n) is 21.6. The van der Waals surface area contributed by atoms with Gasteiger partial charge in [0.25, 0.3) is 5.91 Å².